The highest BCUT2D eigenvalue weighted by Crippen LogP contribution is 2.40. The highest BCUT2D eigenvalue weighted by Gasteiger charge is 2.26. The molecule has 0 aliphatic heterocycles. The van der Waals surface area contributed by atoms with E-state index in [9.17, 15) is 4.79 Å². The summed E-state index contributed by atoms with van der Waals surface area (Å²) in [6.07, 6.45) is 8.84. The van der Waals surface area contributed by atoms with Gasteiger partial charge in [-0.15, -0.1) is 0 Å². The zero-order valence-corrected chi connectivity index (χ0v) is 11.2. The van der Waals surface area contributed by atoms with Gasteiger partial charge < -0.3 is 5.11 Å². The number of hydrogen-bond acceptors (Lipinski definition) is 1. The molecule has 0 fully saturated rings. The molecular weight excluding hydrogens is 212 g/mol. The molecule has 0 unspecified atom stereocenters. The fourth-order valence-corrected chi connectivity index (χ4v) is 2.47. The summed E-state index contributed by atoms with van der Waals surface area (Å²) >= 11 is 0. The van der Waals surface area contributed by atoms with Gasteiger partial charge in [0.25, 0.3) is 0 Å². The second kappa shape index (κ2) is 5.35. The standard InChI is InChI=1S/C15H22O2/c1-11(10-14(16)17)7-8-13-12(2)6-5-9-15(13,3)4/h7-8,10H,5-6,9H2,1-4H3,(H,16,17)/b8-7-,11-10+. The Labute approximate surface area is 104 Å². The summed E-state index contributed by atoms with van der Waals surface area (Å²) < 4.78 is 0. The topological polar surface area (TPSA) is 37.3 Å². The van der Waals surface area contributed by atoms with Crippen LogP contribution in [-0.4, -0.2) is 11.1 Å². The Bertz CT molecular complexity index is 395. The lowest BCUT2D eigenvalue weighted by atomic mass is 9.72. The molecular formula is C15H22O2. The van der Waals surface area contributed by atoms with Gasteiger partial charge in [-0.1, -0.05) is 31.6 Å². The Morgan fingerprint density at radius 3 is 2.59 bits per heavy atom. The second-order valence-electron chi connectivity index (χ2n) is 5.49. The molecule has 1 aliphatic carbocycles. The molecule has 94 valence electrons. The van der Waals surface area contributed by atoms with Crippen molar-refractivity contribution in [3.8, 4) is 0 Å². The summed E-state index contributed by atoms with van der Waals surface area (Å²) in [5.74, 6) is -0.888. The number of carboxylic acids is 1. The minimum atomic E-state index is -0.888. The van der Waals surface area contributed by atoms with Crippen molar-refractivity contribution < 1.29 is 9.90 Å². The highest BCUT2D eigenvalue weighted by atomic mass is 16.4. The third-order valence-electron chi connectivity index (χ3n) is 3.41. The highest BCUT2D eigenvalue weighted by molar-refractivity contribution is 5.81. The first-order chi connectivity index (χ1) is 7.83. The van der Waals surface area contributed by atoms with Crippen molar-refractivity contribution in [2.75, 3.05) is 0 Å². The Kier molecular flexibility index (Phi) is 4.33. The van der Waals surface area contributed by atoms with Gasteiger partial charge >= 0.3 is 5.97 Å². The maximum atomic E-state index is 10.5. The van der Waals surface area contributed by atoms with Gasteiger partial charge in [0.15, 0.2) is 0 Å². The van der Waals surface area contributed by atoms with Crippen molar-refractivity contribution in [1.29, 1.82) is 0 Å². The summed E-state index contributed by atoms with van der Waals surface area (Å²) in [5.41, 5.74) is 3.78. The molecule has 0 saturated heterocycles. The van der Waals surface area contributed by atoms with Crippen LogP contribution in [0, 0.1) is 5.41 Å². The molecule has 0 aromatic heterocycles. The Balaban J connectivity index is 2.93. The number of carboxylic acid groups (broad SMARTS) is 1. The van der Waals surface area contributed by atoms with Gasteiger partial charge in [-0.25, -0.2) is 4.79 Å². The lowest BCUT2D eigenvalue weighted by molar-refractivity contribution is -0.131. The van der Waals surface area contributed by atoms with Crippen LogP contribution >= 0.6 is 0 Å². The Morgan fingerprint density at radius 1 is 1.41 bits per heavy atom. The third-order valence-corrected chi connectivity index (χ3v) is 3.41. The molecule has 0 saturated carbocycles. The molecule has 1 rings (SSSR count). The molecule has 0 heterocycles. The minimum Gasteiger partial charge on any atom is -0.478 e. The average Bonchev–Trinajstić information content (AvgIpc) is 2.14. The van der Waals surface area contributed by atoms with Crippen molar-refractivity contribution in [3.05, 3.63) is 34.9 Å². The fraction of sp³-hybridized carbons (Fsp3) is 0.533. The Hall–Kier alpha value is -1.31. The predicted octanol–water partition coefficient (Wildman–Crippen LogP) is 4.10. The minimum absolute atomic E-state index is 0.211. The summed E-state index contributed by atoms with van der Waals surface area (Å²) in [4.78, 5) is 10.5. The SMILES string of the molecule is CC1=C(/C=C\C(C)=C\C(=O)O)C(C)(C)CCC1. The molecule has 0 bridgehead atoms. The zero-order valence-electron chi connectivity index (χ0n) is 11.2. The van der Waals surface area contributed by atoms with Crippen LogP contribution in [0.3, 0.4) is 0 Å². The summed E-state index contributed by atoms with van der Waals surface area (Å²) in [7, 11) is 0. The normalized spacial score (nSPS) is 21.1. The van der Waals surface area contributed by atoms with E-state index in [-0.39, 0.29) is 5.41 Å². The maximum absolute atomic E-state index is 10.5. The molecule has 0 radical (unpaired) electrons. The quantitative estimate of drug-likeness (QED) is 0.589. The van der Waals surface area contributed by atoms with Crippen molar-refractivity contribution in [2.45, 2.75) is 47.0 Å². The lowest BCUT2D eigenvalue weighted by Crippen LogP contribution is -2.19. The average molecular weight is 234 g/mol. The monoisotopic (exact) mass is 234 g/mol. The molecule has 2 nitrogen and oxygen atoms in total. The molecule has 0 aromatic carbocycles. The maximum Gasteiger partial charge on any atom is 0.328 e. The van der Waals surface area contributed by atoms with E-state index in [0.717, 1.165) is 12.0 Å². The van der Waals surface area contributed by atoms with E-state index in [1.54, 1.807) is 0 Å². The number of allylic oxidation sites excluding steroid dienone is 5. The van der Waals surface area contributed by atoms with Crippen molar-refractivity contribution in [3.63, 3.8) is 0 Å². The van der Waals surface area contributed by atoms with Gasteiger partial charge in [0.1, 0.15) is 0 Å². The molecule has 1 aliphatic rings. The van der Waals surface area contributed by atoms with Crippen molar-refractivity contribution >= 4 is 5.97 Å². The first-order valence-electron chi connectivity index (χ1n) is 6.12. The van der Waals surface area contributed by atoms with Gasteiger partial charge in [0.2, 0.25) is 0 Å². The summed E-state index contributed by atoms with van der Waals surface area (Å²) in [5, 5.41) is 8.65. The predicted molar refractivity (Wildman–Crippen MR) is 70.9 cm³/mol. The van der Waals surface area contributed by atoms with E-state index in [4.69, 9.17) is 5.11 Å². The molecule has 0 aromatic rings. The summed E-state index contributed by atoms with van der Waals surface area (Å²) in [6.45, 7) is 8.50. The van der Waals surface area contributed by atoms with E-state index < -0.39 is 5.97 Å². The van der Waals surface area contributed by atoms with Crippen LogP contribution in [0.25, 0.3) is 0 Å². The van der Waals surface area contributed by atoms with Crippen LogP contribution in [-0.2, 0) is 4.79 Å². The lowest BCUT2D eigenvalue weighted by Gasteiger charge is -2.32. The van der Waals surface area contributed by atoms with Gasteiger partial charge in [-0.05, 0) is 49.7 Å². The van der Waals surface area contributed by atoms with Gasteiger partial charge in [0, 0.05) is 6.08 Å². The first-order valence-corrected chi connectivity index (χ1v) is 6.12. The number of hydrogen-bond donors (Lipinski definition) is 1. The van der Waals surface area contributed by atoms with Gasteiger partial charge in [-0.3, -0.25) is 0 Å². The Morgan fingerprint density at radius 2 is 2.06 bits per heavy atom. The first kappa shape index (κ1) is 13.8. The van der Waals surface area contributed by atoms with Gasteiger partial charge in [0.05, 0.1) is 0 Å². The van der Waals surface area contributed by atoms with Crippen molar-refractivity contribution in [1.82, 2.24) is 0 Å². The smallest absolute Gasteiger partial charge is 0.328 e. The molecule has 0 amide bonds. The molecule has 0 atom stereocenters. The zero-order chi connectivity index (χ0) is 13.1. The van der Waals surface area contributed by atoms with Gasteiger partial charge in [-0.2, -0.15) is 0 Å². The number of carbonyl (C=O) groups is 1. The largest absolute Gasteiger partial charge is 0.478 e. The second-order valence-corrected chi connectivity index (χ2v) is 5.49. The van der Waals surface area contributed by atoms with Crippen LogP contribution < -0.4 is 0 Å². The van der Waals surface area contributed by atoms with Crippen molar-refractivity contribution in [2.24, 2.45) is 5.41 Å². The molecule has 0 spiro atoms. The van der Waals surface area contributed by atoms with E-state index in [2.05, 4.69) is 26.8 Å². The third kappa shape index (κ3) is 3.88. The van der Waals surface area contributed by atoms with Crippen LogP contribution in [0.4, 0.5) is 0 Å². The van der Waals surface area contributed by atoms with Crippen LogP contribution in [0.1, 0.15) is 47.0 Å². The van der Waals surface area contributed by atoms with E-state index in [1.165, 1.54) is 30.1 Å². The van der Waals surface area contributed by atoms with Crippen LogP contribution in [0.15, 0.2) is 34.9 Å². The molecule has 2 heteroatoms. The fourth-order valence-electron chi connectivity index (χ4n) is 2.47. The molecule has 1 N–H and O–H groups in total. The van der Waals surface area contributed by atoms with E-state index in [0.29, 0.717) is 0 Å². The van der Waals surface area contributed by atoms with E-state index in [1.807, 2.05) is 13.0 Å². The van der Waals surface area contributed by atoms with E-state index >= 15 is 0 Å². The molecule has 17 heavy (non-hydrogen) atoms. The number of rotatable bonds is 3. The summed E-state index contributed by atoms with van der Waals surface area (Å²) in [6, 6.07) is 0. The van der Waals surface area contributed by atoms with Crippen LogP contribution in [0.2, 0.25) is 0 Å². The van der Waals surface area contributed by atoms with Crippen LogP contribution in [0.5, 0.6) is 0 Å². The number of aliphatic carboxylic acids is 1.